The fraction of sp³-hybridized carbons (Fsp3) is 0.409. The third-order valence-electron chi connectivity index (χ3n) is 5.18. The van der Waals surface area contributed by atoms with Crippen LogP contribution in [0.15, 0.2) is 48.8 Å². The van der Waals surface area contributed by atoms with Crippen molar-refractivity contribution >= 4 is 10.8 Å². The minimum atomic E-state index is 0.102. The van der Waals surface area contributed by atoms with Crippen LogP contribution in [-0.4, -0.2) is 41.5 Å². The average molecular weight is 365 g/mol. The Morgan fingerprint density at radius 1 is 1.19 bits per heavy atom. The number of morpholine rings is 1. The normalized spacial score (nSPS) is 18.3. The van der Waals surface area contributed by atoms with Crippen LogP contribution in [0.2, 0.25) is 0 Å². The Hall–Kier alpha value is -2.37. The molecule has 0 bridgehead atoms. The maximum absolute atomic E-state index is 6.08. The molecule has 1 aliphatic heterocycles. The van der Waals surface area contributed by atoms with E-state index in [1.165, 1.54) is 21.9 Å². The van der Waals surface area contributed by atoms with Gasteiger partial charge in [-0.2, -0.15) is 5.10 Å². The molecule has 3 aromatic rings. The zero-order chi connectivity index (χ0) is 18.8. The number of hydrogen-bond donors (Lipinski definition) is 0. The Balaban J connectivity index is 1.48. The van der Waals surface area contributed by atoms with Crippen molar-refractivity contribution < 1.29 is 9.47 Å². The smallest absolute Gasteiger partial charge is 0.119 e. The fourth-order valence-corrected chi connectivity index (χ4v) is 3.62. The van der Waals surface area contributed by atoms with Gasteiger partial charge < -0.3 is 9.47 Å². The minimum absolute atomic E-state index is 0.102. The largest absolute Gasteiger partial charge is 0.497 e. The summed E-state index contributed by atoms with van der Waals surface area (Å²) in [4.78, 5) is 2.45. The summed E-state index contributed by atoms with van der Waals surface area (Å²) in [6.45, 7) is 7.82. The highest BCUT2D eigenvalue weighted by Gasteiger charge is 2.22. The molecule has 5 heteroatoms. The highest BCUT2D eigenvalue weighted by Crippen LogP contribution is 2.28. The van der Waals surface area contributed by atoms with Gasteiger partial charge in [0.2, 0.25) is 0 Å². The van der Waals surface area contributed by atoms with E-state index in [9.17, 15) is 0 Å². The topological polar surface area (TPSA) is 39.5 Å². The molecule has 1 saturated heterocycles. The first-order valence-electron chi connectivity index (χ1n) is 9.57. The lowest BCUT2D eigenvalue weighted by atomic mass is 10.0. The predicted molar refractivity (Wildman–Crippen MR) is 107 cm³/mol. The number of methoxy groups -OCH3 is 1. The van der Waals surface area contributed by atoms with Gasteiger partial charge in [0, 0.05) is 37.4 Å². The molecule has 27 heavy (non-hydrogen) atoms. The molecule has 1 aromatic heterocycles. The van der Waals surface area contributed by atoms with E-state index in [1.807, 2.05) is 16.9 Å². The SMILES string of the molecule is COc1ccc2cc([C@H]3CN(Cc4cnn(C(C)C)c4)CCO3)ccc2c1. The molecule has 1 aliphatic rings. The van der Waals surface area contributed by atoms with Crippen molar-refractivity contribution in [3.63, 3.8) is 0 Å². The van der Waals surface area contributed by atoms with Crippen molar-refractivity contribution in [2.45, 2.75) is 32.5 Å². The van der Waals surface area contributed by atoms with Crippen molar-refractivity contribution in [3.05, 3.63) is 59.9 Å². The maximum atomic E-state index is 6.08. The van der Waals surface area contributed by atoms with Crippen LogP contribution >= 0.6 is 0 Å². The fourth-order valence-electron chi connectivity index (χ4n) is 3.62. The molecular formula is C22H27N3O2. The number of ether oxygens (including phenoxy) is 2. The molecule has 0 radical (unpaired) electrons. The first-order valence-corrected chi connectivity index (χ1v) is 9.57. The molecule has 2 aromatic carbocycles. The van der Waals surface area contributed by atoms with E-state index in [-0.39, 0.29) is 6.10 Å². The lowest BCUT2D eigenvalue weighted by molar-refractivity contribution is -0.0328. The summed E-state index contributed by atoms with van der Waals surface area (Å²) in [5.41, 5.74) is 2.49. The predicted octanol–water partition coefficient (Wildman–Crippen LogP) is 4.20. The molecule has 0 unspecified atom stereocenters. The molecule has 5 nitrogen and oxygen atoms in total. The Bertz CT molecular complexity index is 919. The maximum Gasteiger partial charge on any atom is 0.119 e. The molecule has 0 N–H and O–H groups in total. The number of nitrogens with zero attached hydrogens (tertiary/aromatic N) is 3. The second-order valence-corrected chi connectivity index (χ2v) is 7.49. The molecule has 142 valence electrons. The first-order chi connectivity index (χ1) is 13.1. The van der Waals surface area contributed by atoms with Gasteiger partial charge in [0.25, 0.3) is 0 Å². The average Bonchev–Trinajstić information content (AvgIpc) is 3.16. The Morgan fingerprint density at radius 3 is 2.78 bits per heavy atom. The second-order valence-electron chi connectivity index (χ2n) is 7.49. The van der Waals surface area contributed by atoms with Gasteiger partial charge in [0.05, 0.1) is 26.0 Å². The van der Waals surface area contributed by atoms with Gasteiger partial charge >= 0.3 is 0 Å². The quantitative estimate of drug-likeness (QED) is 0.679. The van der Waals surface area contributed by atoms with E-state index in [4.69, 9.17) is 9.47 Å². The van der Waals surface area contributed by atoms with Gasteiger partial charge in [-0.3, -0.25) is 9.58 Å². The van der Waals surface area contributed by atoms with Crippen molar-refractivity contribution in [3.8, 4) is 5.75 Å². The van der Waals surface area contributed by atoms with Crippen molar-refractivity contribution in [1.82, 2.24) is 14.7 Å². The van der Waals surface area contributed by atoms with Crippen LogP contribution < -0.4 is 4.74 Å². The number of rotatable bonds is 5. The van der Waals surface area contributed by atoms with Gasteiger partial charge in [-0.05, 0) is 48.4 Å². The second kappa shape index (κ2) is 7.71. The molecule has 1 atom stereocenters. The van der Waals surface area contributed by atoms with Crippen LogP contribution in [-0.2, 0) is 11.3 Å². The van der Waals surface area contributed by atoms with E-state index >= 15 is 0 Å². The third kappa shape index (κ3) is 3.99. The van der Waals surface area contributed by atoms with Crippen LogP contribution in [0.5, 0.6) is 5.75 Å². The van der Waals surface area contributed by atoms with E-state index in [2.05, 4.69) is 60.4 Å². The number of fused-ring (bicyclic) bond motifs is 1. The molecule has 4 rings (SSSR count). The van der Waals surface area contributed by atoms with E-state index in [0.717, 1.165) is 32.0 Å². The van der Waals surface area contributed by atoms with Crippen molar-refractivity contribution in [1.29, 1.82) is 0 Å². The van der Waals surface area contributed by atoms with Crippen molar-refractivity contribution in [2.24, 2.45) is 0 Å². The van der Waals surface area contributed by atoms with E-state index in [0.29, 0.717) is 6.04 Å². The summed E-state index contributed by atoms with van der Waals surface area (Å²) >= 11 is 0. The number of hydrogen-bond acceptors (Lipinski definition) is 4. The Labute approximate surface area is 160 Å². The molecule has 0 amide bonds. The summed E-state index contributed by atoms with van der Waals surface area (Å²) in [6, 6.07) is 13.1. The molecule has 0 aliphatic carbocycles. The standard InChI is InChI=1S/C22H27N3O2/c1-16(2)25-14-17(12-23-25)13-24-8-9-27-22(15-24)20-5-4-19-11-21(26-3)7-6-18(19)10-20/h4-7,10-12,14,16,22H,8-9,13,15H2,1-3H3/t22-/m1/s1. The van der Waals surface area contributed by atoms with Crippen LogP contribution in [0, 0.1) is 0 Å². The summed E-state index contributed by atoms with van der Waals surface area (Å²) in [6.07, 6.45) is 4.23. The molecular weight excluding hydrogens is 338 g/mol. The highest BCUT2D eigenvalue weighted by atomic mass is 16.5. The zero-order valence-corrected chi connectivity index (χ0v) is 16.3. The highest BCUT2D eigenvalue weighted by molar-refractivity contribution is 5.84. The van der Waals surface area contributed by atoms with Gasteiger partial charge in [-0.15, -0.1) is 0 Å². The van der Waals surface area contributed by atoms with Gasteiger partial charge in [0.15, 0.2) is 0 Å². The van der Waals surface area contributed by atoms with Gasteiger partial charge in [0.1, 0.15) is 5.75 Å². The van der Waals surface area contributed by atoms with Crippen molar-refractivity contribution in [2.75, 3.05) is 26.8 Å². The van der Waals surface area contributed by atoms with Crippen LogP contribution in [0.1, 0.15) is 37.1 Å². The lowest BCUT2D eigenvalue weighted by Crippen LogP contribution is -2.37. The Morgan fingerprint density at radius 2 is 2.00 bits per heavy atom. The van der Waals surface area contributed by atoms with Gasteiger partial charge in [-0.1, -0.05) is 18.2 Å². The van der Waals surface area contributed by atoms with Crippen LogP contribution in [0.25, 0.3) is 10.8 Å². The summed E-state index contributed by atoms with van der Waals surface area (Å²) in [7, 11) is 1.70. The van der Waals surface area contributed by atoms with E-state index in [1.54, 1.807) is 7.11 Å². The first kappa shape index (κ1) is 18.0. The Kier molecular flexibility index (Phi) is 5.14. The van der Waals surface area contributed by atoms with Crippen LogP contribution in [0.3, 0.4) is 0 Å². The molecule has 0 saturated carbocycles. The van der Waals surface area contributed by atoms with Gasteiger partial charge in [-0.25, -0.2) is 0 Å². The number of benzene rings is 2. The van der Waals surface area contributed by atoms with E-state index < -0.39 is 0 Å². The summed E-state index contributed by atoms with van der Waals surface area (Å²) in [5, 5.41) is 6.86. The number of aromatic nitrogens is 2. The summed E-state index contributed by atoms with van der Waals surface area (Å²) < 4.78 is 13.4. The molecule has 2 heterocycles. The minimum Gasteiger partial charge on any atom is -0.497 e. The third-order valence-corrected chi connectivity index (χ3v) is 5.18. The van der Waals surface area contributed by atoms with Crippen LogP contribution in [0.4, 0.5) is 0 Å². The lowest BCUT2D eigenvalue weighted by Gasteiger charge is -2.33. The molecule has 1 fully saturated rings. The monoisotopic (exact) mass is 365 g/mol. The zero-order valence-electron chi connectivity index (χ0n) is 16.3. The molecule has 0 spiro atoms. The summed E-state index contributed by atoms with van der Waals surface area (Å²) in [5.74, 6) is 0.886.